The zero-order valence-corrected chi connectivity index (χ0v) is 15.7. The Balaban J connectivity index is 2.01. The molecule has 0 spiro atoms. The summed E-state index contributed by atoms with van der Waals surface area (Å²) in [6, 6.07) is 9.79. The standard InChI is InChI=1S/C18H18N2O3S2/c1-3-23-17(22)11-20-14-7-6-12(2)9-15(14)25-18(20)19-16(21)10-13-5-4-8-24-13/h4-9H,3,10-11H2,1-2H3. The van der Waals surface area contributed by atoms with Crippen LogP contribution < -0.4 is 4.80 Å². The fourth-order valence-electron chi connectivity index (χ4n) is 2.46. The molecule has 0 N–H and O–H groups in total. The highest BCUT2D eigenvalue weighted by molar-refractivity contribution is 7.16. The molecule has 0 atom stereocenters. The van der Waals surface area contributed by atoms with Gasteiger partial charge in [-0.3, -0.25) is 9.59 Å². The lowest BCUT2D eigenvalue weighted by Gasteiger charge is -2.05. The molecule has 0 saturated heterocycles. The maximum atomic E-state index is 12.3. The SMILES string of the molecule is CCOC(=O)Cn1c(=NC(=O)Cc2cccs2)sc2cc(C)ccc21. The summed E-state index contributed by atoms with van der Waals surface area (Å²) in [6.07, 6.45) is 0.268. The minimum atomic E-state index is -0.338. The minimum absolute atomic E-state index is 0.0437. The Bertz CT molecular complexity index is 968. The van der Waals surface area contributed by atoms with E-state index in [1.54, 1.807) is 11.5 Å². The van der Waals surface area contributed by atoms with Crippen LogP contribution >= 0.6 is 22.7 Å². The third kappa shape index (κ3) is 4.24. The first-order chi connectivity index (χ1) is 12.1. The van der Waals surface area contributed by atoms with Crippen LogP contribution in [0.25, 0.3) is 10.2 Å². The van der Waals surface area contributed by atoms with Crippen molar-refractivity contribution < 1.29 is 14.3 Å². The van der Waals surface area contributed by atoms with E-state index in [0.717, 1.165) is 20.7 Å². The van der Waals surface area contributed by atoms with E-state index in [1.165, 1.54) is 22.7 Å². The smallest absolute Gasteiger partial charge is 0.326 e. The normalized spacial score (nSPS) is 11.8. The molecule has 3 rings (SSSR count). The van der Waals surface area contributed by atoms with Crippen LogP contribution in [0.3, 0.4) is 0 Å². The second kappa shape index (κ2) is 7.76. The summed E-state index contributed by atoms with van der Waals surface area (Å²) in [5, 5.41) is 1.94. The van der Waals surface area contributed by atoms with Crippen molar-refractivity contribution in [2.75, 3.05) is 6.61 Å². The number of hydrogen-bond donors (Lipinski definition) is 0. The molecule has 0 fully saturated rings. The number of thiazole rings is 1. The first-order valence-corrected chi connectivity index (χ1v) is 9.62. The van der Waals surface area contributed by atoms with Crippen molar-refractivity contribution in [3.8, 4) is 0 Å². The van der Waals surface area contributed by atoms with Crippen LogP contribution in [0.2, 0.25) is 0 Å². The highest BCUT2D eigenvalue weighted by Gasteiger charge is 2.12. The Morgan fingerprint density at radius 1 is 1.28 bits per heavy atom. The Kier molecular flexibility index (Phi) is 5.45. The van der Waals surface area contributed by atoms with Gasteiger partial charge >= 0.3 is 5.97 Å². The van der Waals surface area contributed by atoms with Crippen LogP contribution in [0, 0.1) is 6.92 Å². The Morgan fingerprint density at radius 2 is 2.12 bits per heavy atom. The van der Waals surface area contributed by atoms with Crippen LogP contribution in [0.1, 0.15) is 17.4 Å². The lowest BCUT2D eigenvalue weighted by Crippen LogP contribution is -2.23. The molecular weight excluding hydrogens is 356 g/mol. The van der Waals surface area contributed by atoms with Crippen LogP contribution in [0.15, 0.2) is 40.7 Å². The van der Waals surface area contributed by atoms with Gasteiger partial charge in [-0.2, -0.15) is 4.99 Å². The summed E-state index contributed by atoms with van der Waals surface area (Å²) < 4.78 is 7.80. The van der Waals surface area contributed by atoms with Crippen molar-refractivity contribution in [3.63, 3.8) is 0 Å². The van der Waals surface area contributed by atoms with Gasteiger partial charge in [0.2, 0.25) is 0 Å². The maximum absolute atomic E-state index is 12.3. The molecule has 0 radical (unpaired) electrons. The highest BCUT2D eigenvalue weighted by atomic mass is 32.1. The average molecular weight is 374 g/mol. The van der Waals surface area contributed by atoms with E-state index in [-0.39, 0.29) is 24.8 Å². The number of thiophene rings is 1. The van der Waals surface area contributed by atoms with E-state index in [1.807, 2.05) is 42.6 Å². The number of benzene rings is 1. The predicted molar refractivity (Wildman–Crippen MR) is 99.8 cm³/mol. The third-order valence-electron chi connectivity index (χ3n) is 3.56. The lowest BCUT2D eigenvalue weighted by molar-refractivity contribution is -0.143. The molecule has 1 amide bonds. The summed E-state index contributed by atoms with van der Waals surface area (Å²) >= 11 is 2.94. The number of amides is 1. The molecule has 25 heavy (non-hydrogen) atoms. The number of rotatable bonds is 5. The number of carbonyl (C=O) groups is 2. The number of esters is 1. The molecule has 0 aliphatic carbocycles. The number of fused-ring (bicyclic) bond motifs is 1. The van der Waals surface area contributed by atoms with Gasteiger partial charge in [-0.25, -0.2) is 0 Å². The maximum Gasteiger partial charge on any atom is 0.326 e. The van der Waals surface area contributed by atoms with E-state index in [4.69, 9.17) is 4.74 Å². The second-order valence-corrected chi connectivity index (χ2v) is 7.55. The highest BCUT2D eigenvalue weighted by Crippen LogP contribution is 2.19. The number of aryl methyl sites for hydroxylation is 1. The zero-order valence-electron chi connectivity index (χ0n) is 14.0. The van der Waals surface area contributed by atoms with Gasteiger partial charge in [0.15, 0.2) is 4.80 Å². The topological polar surface area (TPSA) is 60.7 Å². The molecule has 5 nitrogen and oxygen atoms in total. The van der Waals surface area contributed by atoms with E-state index < -0.39 is 0 Å². The number of aromatic nitrogens is 1. The fraction of sp³-hybridized carbons (Fsp3) is 0.278. The molecule has 0 aliphatic heterocycles. The van der Waals surface area contributed by atoms with Crippen molar-refractivity contribution in [2.24, 2.45) is 4.99 Å². The molecule has 0 bridgehead atoms. The molecule has 0 saturated carbocycles. The van der Waals surface area contributed by atoms with Gasteiger partial charge in [-0.1, -0.05) is 23.5 Å². The first-order valence-electron chi connectivity index (χ1n) is 7.92. The van der Waals surface area contributed by atoms with Crippen molar-refractivity contribution >= 4 is 44.8 Å². The number of hydrogen-bond acceptors (Lipinski definition) is 5. The minimum Gasteiger partial charge on any atom is -0.465 e. The molecule has 0 unspecified atom stereocenters. The predicted octanol–water partition coefficient (Wildman–Crippen LogP) is 3.31. The van der Waals surface area contributed by atoms with E-state index >= 15 is 0 Å². The van der Waals surface area contributed by atoms with Crippen molar-refractivity contribution in [1.29, 1.82) is 0 Å². The van der Waals surface area contributed by atoms with Crippen LogP contribution in [-0.4, -0.2) is 23.1 Å². The van der Waals surface area contributed by atoms with Gasteiger partial charge in [-0.15, -0.1) is 11.3 Å². The summed E-state index contributed by atoms with van der Waals surface area (Å²) in [5.41, 5.74) is 2.00. The summed E-state index contributed by atoms with van der Waals surface area (Å²) in [5.74, 6) is -0.557. The average Bonchev–Trinajstić information content (AvgIpc) is 3.16. The molecular formula is C18H18N2O3S2. The van der Waals surface area contributed by atoms with Gasteiger partial charge in [0.05, 0.1) is 23.2 Å². The Labute approximate surface area is 153 Å². The van der Waals surface area contributed by atoms with Crippen LogP contribution in [-0.2, 0) is 27.3 Å². The van der Waals surface area contributed by atoms with Crippen molar-refractivity contribution in [1.82, 2.24) is 4.57 Å². The lowest BCUT2D eigenvalue weighted by atomic mass is 10.2. The number of carbonyl (C=O) groups excluding carboxylic acids is 2. The summed E-state index contributed by atoms with van der Waals surface area (Å²) in [4.78, 5) is 30.0. The summed E-state index contributed by atoms with van der Waals surface area (Å²) in [7, 11) is 0. The molecule has 0 aliphatic rings. The van der Waals surface area contributed by atoms with Crippen molar-refractivity contribution in [3.05, 3.63) is 51.0 Å². The molecule has 3 aromatic rings. The molecule has 2 aromatic heterocycles. The van der Waals surface area contributed by atoms with Crippen LogP contribution in [0.4, 0.5) is 0 Å². The number of nitrogens with zero attached hydrogens (tertiary/aromatic N) is 2. The molecule has 1 aromatic carbocycles. The van der Waals surface area contributed by atoms with Gasteiger partial charge < -0.3 is 9.30 Å². The van der Waals surface area contributed by atoms with Gasteiger partial charge in [0.1, 0.15) is 6.54 Å². The van der Waals surface area contributed by atoms with Gasteiger partial charge in [0.25, 0.3) is 5.91 Å². The third-order valence-corrected chi connectivity index (χ3v) is 5.47. The monoisotopic (exact) mass is 374 g/mol. The van der Waals surface area contributed by atoms with E-state index in [9.17, 15) is 9.59 Å². The zero-order chi connectivity index (χ0) is 17.8. The van der Waals surface area contributed by atoms with E-state index in [2.05, 4.69) is 4.99 Å². The Morgan fingerprint density at radius 3 is 2.84 bits per heavy atom. The second-order valence-electron chi connectivity index (χ2n) is 5.51. The van der Waals surface area contributed by atoms with E-state index in [0.29, 0.717) is 11.4 Å². The van der Waals surface area contributed by atoms with Crippen molar-refractivity contribution in [2.45, 2.75) is 26.8 Å². The quantitative estimate of drug-likeness (QED) is 0.644. The fourth-order valence-corrected chi connectivity index (χ4v) is 4.30. The van der Waals surface area contributed by atoms with Crippen LogP contribution in [0.5, 0.6) is 0 Å². The first kappa shape index (κ1) is 17.6. The molecule has 130 valence electrons. The van der Waals surface area contributed by atoms with Gasteiger partial charge in [-0.05, 0) is 43.0 Å². The van der Waals surface area contributed by atoms with Gasteiger partial charge in [0, 0.05) is 4.88 Å². The largest absolute Gasteiger partial charge is 0.465 e. The Hall–Kier alpha value is -2.25. The molecule has 7 heteroatoms. The molecule has 2 heterocycles. The number of ether oxygens (including phenoxy) is 1. The summed E-state index contributed by atoms with van der Waals surface area (Å²) in [6.45, 7) is 4.15.